The first kappa shape index (κ1) is 18.4. The Morgan fingerprint density at radius 2 is 2.00 bits per heavy atom. The molecule has 0 radical (unpaired) electrons. The molecule has 3 aliphatic rings. The van der Waals surface area contributed by atoms with Gasteiger partial charge in [-0.05, 0) is 43.4 Å². The SMILES string of the molecule is O=C(NC1CC1)OC1CCC2(CO2)c2c1nnn2Cc1ccc(C(F)(F)F)cc1. The second kappa shape index (κ2) is 6.45. The van der Waals surface area contributed by atoms with Gasteiger partial charge in [-0.3, -0.25) is 0 Å². The largest absolute Gasteiger partial charge is 0.440 e. The lowest BCUT2D eigenvalue weighted by Crippen LogP contribution is -2.31. The first-order valence-electron chi connectivity index (χ1n) is 9.55. The van der Waals surface area contributed by atoms with Crippen LogP contribution in [0.1, 0.15) is 54.3 Å². The van der Waals surface area contributed by atoms with Crippen LogP contribution in [0.25, 0.3) is 0 Å². The summed E-state index contributed by atoms with van der Waals surface area (Å²) in [6.07, 6.45) is -2.17. The van der Waals surface area contributed by atoms with Gasteiger partial charge in [0.05, 0.1) is 18.7 Å². The minimum absolute atomic E-state index is 0.194. The molecule has 7 nitrogen and oxygen atoms in total. The van der Waals surface area contributed by atoms with Crippen molar-refractivity contribution in [1.82, 2.24) is 20.3 Å². The highest BCUT2D eigenvalue weighted by Gasteiger charge is 2.55. The minimum atomic E-state index is -4.37. The highest BCUT2D eigenvalue weighted by Crippen LogP contribution is 2.51. The molecule has 154 valence electrons. The van der Waals surface area contributed by atoms with E-state index < -0.39 is 29.5 Å². The summed E-state index contributed by atoms with van der Waals surface area (Å²) in [6.45, 7) is 0.786. The van der Waals surface area contributed by atoms with Crippen molar-refractivity contribution in [2.75, 3.05) is 6.61 Å². The van der Waals surface area contributed by atoms with Gasteiger partial charge in [0.25, 0.3) is 0 Å². The molecule has 5 rings (SSSR count). The molecule has 1 N–H and O–H groups in total. The molecular weight excluding hydrogens is 389 g/mol. The van der Waals surface area contributed by atoms with Crippen LogP contribution in [-0.2, 0) is 27.8 Å². The number of fused-ring (bicyclic) bond motifs is 2. The number of carbonyl (C=O) groups excluding carboxylic acids is 1. The van der Waals surface area contributed by atoms with E-state index in [9.17, 15) is 18.0 Å². The number of alkyl carbamates (subject to hydrolysis) is 1. The van der Waals surface area contributed by atoms with E-state index in [2.05, 4.69) is 15.6 Å². The molecule has 1 aromatic heterocycles. The van der Waals surface area contributed by atoms with Gasteiger partial charge in [-0.1, -0.05) is 17.3 Å². The fourth-order valence-electron chi connectivity index (χ4n) is 3.75. The lowest BCUT2D eigenvalue weighted by Gasteiger charge is -2.26. The van der Waals surface area contributed by atoms with E-state index in [-0.39, 0.29) is 12.6 Å². The van der Waals surface area contributed by atoms with Gasteiger partial charge < -0.3 is 14.8 Å². The summed E-state index contributed by atoms with van der Waals surface area (Å²) in [6, 6.07) is 5.15. The topological polar surface area (TPSA) is 81.6 Å². The average molecular weight is 408 g/mol. The molecule has 29 heavy (non-hydrogen) atoms. The number of alkyl halides is 3. The van der Waals surface area contributed by atoms with Crippen molar-refractivity contribution < 1.29 is 27.4 Å². The van der Waals surface area contributed by atoms with Gasteiger partial charge in [0.15, 0.2) is 0 Å². The summed E-state index contributed by atoms with van der Waals surface area (Å²) in [5, 5.41) is 11.2. The molecule has 1 saturated heterocycles. The van der Waals surface area contributed by atoms with Gasteiger partial charge in [-0.2, -0.15) is 13.2 Å². The molecule has 2 atom stereocenters. The van der Waals surface area contributed by atoms with Crippen LogP contribution in [0.2, 0.25) is 0 Å². The molecule has 1 aliphatic heterocycles. The number of nitrogens with one attached hydrogen (secondary N) is 1. The van der Waals surface area contributed by atoms with Crippen LogP contribution in [0, 0.1) is 0 Å². The quantitative estimate of drug-likeness (QED) is 0.786. The third-order valence-electron chi connectivity index (χ3n) is 5.56. The maximum atomic E-state index is 12.8. The van der Waals surface area contributed by atoms with Crippen LogP contribution in [0.3, 0.4) is 0 Å². The van der Waals surface area contributed by atoms with E-state index in [1.807, 2.05) is 0 Å². The van der Waals surface area contributed by atoms with Crippen LogP contribution in [-0.4, -0.2) is 33.7 Å². The summed E-state index contributed by atoms with van der Waals surface area (Å²) in [7, 11) is 0. The van der Waals surface area contributed by atoms with Crippen molar-refractivity contribution >= 4 is 6.09 Å². The summed E-state index contributed by atoms with van der Waals surface area (Å²) in [5.74, 6) is 0. The number of aromatic nitrogens is 3. The number of nitrogens with zero attached hydrogens (tertiary/aromatic N) is 3. The molecule has 2 heterocycles. The van der Waals surface area contributed by atoms with Crippen molar-refractivity contribution in [1.29, 1.82) is 0 Å². The number of rotatable bonds is 4. The Bertz CT molecular complexity index is 933. The maximum absolute atomic E-state index is 12.8. The first-order chi connectivity index (χ1) is 13.8. The van der Waals surface area contributed by atoms with Crippen molar-refractivity contribution in [3.63, 3.8) is 0 Å². The van der Waals surface area contributed by atoms with Gasteiger partial charge in [0, 0.05) is 6.04 Å². The van der Waals surface area contributed by atoms with Gasteiger partial charge in [0.1, 0.15) is 23.1 Å². The Labute approximate surface area is 164 Å². The van der Waals surface area contributed by atoms with Crippen LogP contribution < -0.4 is 5.32 Å². The van der Waals surface area contributed by atoms with Crippen molar-refractivity contribution in [3.05, 3.63) is 46.8 Å². The molecule has 2 aliphatic carbocycles. The summed E-state index contributed by atoms with van der Waals surface area (Å²) < 4.78 is 51.2. The third kappa shape index (κ3) is 3.57. The van der Waals surface area contributed by atoms with Gasteiger partial charge in [0.2, 0.25) is 0 Å². The summed E-state index contributed by atoms with van der Waals surface area (Å²) >= 11 is 0. The number of carbonyl (C=O) groups is 1. The van der Waals surface area contributed by atoms with Crippen molar-refractivity contribution in [2.24, 2.45) is 0 Å². The fourth-order valence-corrected chi connectivity index (χ4v) is 3.75. The predicted molar refractivity (Wildman–Crippen MR) is 92.8 cm³/mol. The number of epoxide rings is 1. The standard InChI is InChI=1S/C19H19F3N4O3/c20-19(21,22)12-3-1-11(2-4-12)9-26-16-15(24-25-26)14(7-8-18(16)10-28-18)29-17(27)23-13-5-6-13/h1-4,13-14H,5-10H2,(H,23,27). The summed E-state index contributed by atoms with van der Waals surface area (Å²) in [4.78, 5) is 12.0. The van der Waals surface area contributed by atoms with Crippen LogP contribution >= 0.6 is 0 Å². The second-order valence-electron chi connectivity index (χ2n) is 7.81. The smallest absolute Gasteiger partial charge is 0.416 e. The monoisotopic (exact) mass is 408 g/mol. The molecule has 0 bridgehead atoms. The molecule has 2 unspecified atom stereocenters. The highest BCUT2D eigenvalue weighted by molar-refractivity contribution is 5.68. The Morgan fingerprint density at radius 3 is 2.62 bits per heavy atom. The Balaban J connectivity index is 1.37. The van der Waals surface area contributed by atoms with Gasteiger partial charge in [-0.25, -0.2) is 9.48 Å². The number of halogens is 3. The fraction of sp³-hybridized carbons (Fsp3) is 0.526. The first-order valence-corrected chi connectivity index (χ1v) is 9.55. The molecule has 2 fully saturated rings. The Hall–Kier alpha value is -2.62. The maximum Gasteiger partial charge on any atom is 0.416 e. The van der Waals surface area contributed by atoms with Gasteiger partial charge in [-0.15, -0.1) is 5.10 Å². The zero-order valence-corrected chi connectivity index (χ0v) is 15.4. The zero-order chi connectivity index (χ0) is 20.2. The third-order valence-corrected chi connectivity index (χ3v) is 5.56. The molecule has 1 aromatic carbocycles. The minimum Gasteiger partial charge on any atom is -0.440 e. The van der Waals surface area contributed by atoms with E-state index in [1.165, 1.54) is 12.1 Å². The Morgan fingerprint density at radius 1 is 1.28 bits per heavy atom. The number of benzene rings is 1. The zero-order valence-electron chi connectivity index (χ0n) is 15.4. The molecular formula is C19H19F3N4O3. The number of hydrogen-bond donors (Lipinski definition) is 1. The van der Waals surface area contributed by atoms with Crippen molar-refractivity contribution in [2.45, 2.75) is 56.2 Å². The summed E-state index contributed by atoms with van der Waals surface area (Å²) in [5.41, 5.74) is 0.784. The van der Waals surface area contributed by atoms with E-state index in [0.717, 1.165) is 30.7 Å². The number of amides is 1. The molecule has 1 saturated carbocycles. The van der Waals surface area contributed by atoms with E-state index in [4.69, 9.17) is 9.47 Å². The normalized spacial score (nSPS) is 25.6. The molecule has 10 heteroatoms. The average Bonchev–Trinajstić information content (AvgIpc) is 3.59. The lowest BCUT2D eigenvalue weighted by molar-refractivity contribution is -0.137. The van der Waals surface area contributed by atoms with Gasteiger partial charge >= 0.3 is 12.3 Å². The van der Waals surface area contributed by atoms with E-state index in [1.54, 1.807) is 4.68 Å². The molecule has 1 spiro atoms. The predicted octanol–water partition coefficient (Wildman–Crippen LogP) is 3.29. The van der Waals surface area contributed by atoms with Crippen LogP contribution in [0.4, 0.5) is 18.0 Å². The van der Waals surface area contributed by atoms with Crippen LogP contribution in [0.5, 0.6) is 0 Å². The second-order valence-corrected chi connectivity index (χ2v) is 7.81. The molecule has 2 aromatic rings. The Kier molecular flexibility index (Phi) is 4.09. The highest BCUT2D eigenvalue weighted by atomic mass is 19.4. The molecule has 1 amide bonds. The van der Waals surface area contributed by atoms with E-state index in [0.29, 0.717) is 30.7 Å². The number of hydrogen-bond acceptors (Lipinski definition) is 5. The number of ether oxygens (including phenoxy) is 2. The lowest BCUT2D eigenvalue weighted by atomic mass is 9.88. The van der Waals surface area contributed by atoms with E-state index >= 15 is 0 Å². The van der Waals surface area contributed by atoms with Crippen molar-refractivity contribution in [3.8, 4) is 0 Å². The van der Waals surface area contributed by atoms with Crippen LogP contribution in [0.15, 0.2) is 24.3 Å².